The van der Waals surface area contributed by atoms with Crippen LogP contribution in [0.4, 0.5) is 18.9 Å². The van der Waals surface area contributed by atoms with Crippen LogP contribution in [0.15, 0.2) is 53.1 Å². The van der Waals surface area contributed by atoms with E-state index in [-0.39, 0.29) is 33.8 Å². The number of anilines is 1. The summed E-state index contributed by atoms with van der Waals surface area (Å²) in [5, 5.41) is 4.39. The second-order valence-corrected chi connectivity index (χ2v) is 14.2. The van der Waals surface area contributed by atoms with Gasteiger partial charge in [-0.25, -0.2) is 4.39 Å². The zero-order valence-electron chi connectivity index (χ0n) is 24.8. The third-order valence-electron chi connectivity index (χ3n) is 10.8. The first-order chi connectivity index (χ1) is 20.5. The van der Waals surface area contributed by atoms with Crippen LogP contribution in [-0.4, -0.2) is 34.9 Å². The van der Waals surface area contributed by atoms with Crippen molar-refractivity contribution in [3.63, 3.8) is 0 Å². The molecule has 3 aromatic rings. The molecule has 0 spiro atoms. The van der Waals surface area contributed by atoms with E-state index in [0.29, 0.717) is 38.1 Å². The van der Waals surface area contributed by atoms with Crippen molar-refractivity contribution < 1.29 is 27.2 Å². The van der Waals surface area contributed by atoms with Crippen LogP contribution in [0.2, 0.25) is 0 Å². The number of nitrogens with zero attached hydrogens (tertiary/aromatic N) is 3. The number of aromatic nitrogens is 2. The Hall–Kier alpha value is -3.36. The first-order valence-corrected chi connectivity index (χ1v) is 15.5. The molecule has 0 N–H and O–H groups in total. The van der Waals surface area contributed by atoms with E-state index in [1.165, 1.54) is 12.1 Å². The summed E-state index contributed by atoms with van der Waals surface area (Å²) in [6, 6.07) is 14.4. The number of amides is 1. The molecule has 9 rings (SSSR count). The Kier molecular flexibility index (Phi) is 6.67. The van der Waals surface area contributed by atoms with Crippen molar-refractivity contribution in [3.8, 4) is 16.9 Å². The van der Waals surface area contributed by atoms with Gasteiger partial charge in [-0.1, -0.05) is 43.3 Å². The largest absolute Gasteiger partial charge is 0.435 e. The monoisotopic (exact) mass is 593 g/mol. The molecule has 1 aromatic heterocycles. The summed E-state index contributed by atoms with van der Waals surface area (Å²) in [7, 11) is 0. The maximum Gasteiger partial charge on any atom is 0.387 e. The second-order valence-electron chi connectivity index (χ2n) is 14.2. The lowest BCUT2D eigenvalue weighted by molar-refractivity contribution is -0.215. The van der Waals surface area contributed by atoms with Crippen molar-refractivity contribution in [1.29, 1.82) is 0 Å². The van der Waals surface area contributed by atoms with Gasteiger partial charge in [-0.05, 0) is 104 Å². The molecule has 0 aliphatic heterocycles. The van der Waals surface area contributed by atoms with Crippen molar-refractivity contribution in [2.75, 3.05) is 11.4 Å². The molecular formula is C34H38F3N3O3. The molecule has 228 valence electrons. The Morgan fingerprint density at radius 1 is 0.953 bits per heavy atom. The third-order valence-corrected chi connectivity index (χ3v) is 10.8. The molecular weight excluding hydrogens is 555 g/mol. The highest BCUT2D eigenvalue weighted by Gasteiger charge is 2.69. The summed E-state index contributed by atoms with van der Waals surface area (Å²) >= 11 is 0. The Morgan fingerprint density at radius 3 is 2.21 bits per heavy atom. The van der Waals surface area contributed by atoms with Crippen molar-refractivity contribution in [3.05, 3.63) is 60.2 Å². The summed E-state index contributed by atoms with van der Waals surface area (Å²) in [6.45, 7) is 1.85. The highest BCUT2D eigenvalue weighted by Crippen LogP contribution is 2.71. The number of carbonyl (C=O) groups is 1. The normalized spacial score (nSPS) is 30.7. The Morgan fingerprint density at radius 2 is 1.63 bits per heavy atom. The van der Waals surface area contributed by atoms with E-state index in [2.05, 4.69) is 23.7 Å². The van der Waals surface area contributed by atoms with Crippen LogP contribution in [0.1, 0.15) is 95.7 Å². The smallest absolute Gasteiger partial charge is 0.387 e. The van der Waals surface area contributed by atoms with Gasteiger partial charge in [0.25, 0.3) is 0 Å². The number of carbonyl (C=O) groups excluding carboxylic acids is 1. The van der Waals surface area contributed by atoms with Gasteiger partial charge in [0.05, 0.1) is 0 Å². The van der Waals surface area contributed by atoms with E-state index in [4.69, 9.17) is 9.51 Å². The molecule has 0 radical (unpaired) electrons. The molecule has 0 atom stereocenters. The lowest BCUT2D eigenvalue weighted by atomic mass is 9.41. The van der Waals surface area contributed by atoms with Crippen molar-refractivity contribution in [1.82, 2.24) is 10.1 Å². The van der Waals surface area contributed by atoms with Crippen LogP contribution in [-0.2, 0) is 10.2 Å². The van der Waals surface area contributed by atoms with E-state index < -0.39 is 12.3 Å². The van der Waals surface area contributed by atoms with E-state index in [1.807, 2.05) is 29.2 Å². The molecule has 2 aromatic carbocycles. The first kappa shape index (κ1) is 28.4. The van der Waals surface area contributed by atoms with Gasteiger partial charge in [0, 0.05) is 30.0 Å². The molecule has 43 heavy (non-hydrogen) atoms. The summed E-state index contributed by atoms with van der Waals surface area (Å²) < 4.78 is 49.7. The molecule has 6 fully saturated rings. The topological polar surface area (TPSA) is 68.5 Å². The van der Waals surface area contributed by atoms with Crippen LogP contribution in [0, 0.1) is 10.8 Å². The van der Waals surface area contributed by atoms with Gasteiger partial charge in [-0.15, -0.1) is 0 Å². The molecule has 1 amide bonds. The SMILES string of the molecule is CC(C)c1nc(C23CCC(CN(C(=O)CC45CC(F)(C4)C5)c4cccc(-c5ccc(OC(F)F)cc5)c4)(CC2)CC3)no1. The van der Waals surface area contributed by atoms with Gasteiger partial charge in [-0.2, -0.15) is 13.8 Å². The molecule has 6 nitrogen and oxygen atoms in total. The molecule has 4 bridgehead atoms. The standard InChI is InChI=1S/C34H38F3N3O3/c1-22(2)28-38-29(39-43-28)33-13-10-31(11-14-33,12-15-33)21-40(27(41)17-32-18-34(37,19-32)20-32)25-5-3-4-24(16-25)23-6-8-26(9-7-23)42-30(35)36/h3-9,16,22,30H,10-15,17-21H2,1-2H3. The predicted octanol–water partition coefficient (Wildman–Crippen LogP) is 8.37. The van der Waals surface area contributed by atoms with Crippen molar-refractivity contribution >= 4 is 11.6 Å². The number of alkyl halides is 3. The van der Waals surface area contributed by atoms with E-state index in [0.717, 1.165) is 61.2 Å². The number of benzene rings is 2. The van der Waals surface area contributed by atoms with E-state index >= 15 is 0 Å². The van der Waals surface area contributed by atoms with Crippen LogP contribution in [0.25, 0.3) is 11.1 Å². The predicted molar refractivity (Wildman–Crippen MR) is 156 cm³/mol. The molecule has 0 unspecified atom stereocenters. The fraction of sp³-hybridized carbons (Fsp3) is 0.559. The number of hydrogen-bond acceptors (Lipinski definition) is 5. The summed E-state index contributed by atoms with van der Waals surface area (Å²) in [6.07, 6.45) is 7.67. The summed E-state index contributed by atoms with van der Waals surface area (Å²) in [4.78, 5) is 20.8. The lowest BCUT2D eigenvalue weighted by Crippen LogP contribution is -2.65. The fourth-order valence-corrected chi connectivity index (χ4v) is 8.33. The Labute approximate surface area is 250 Å². The number of ether oxygens (including phenoxy) is 1. The maximum absolute atomic E-state index is 14.4. The molecule has 6 aliphatic rings. The van der Waals surface area contributed by atoms with Crippen LogP contribution >= 0.6 is 0 Å². The molecule has 9 heteroatoms. The molecule has 1 heterocycles. The lowest BCUT2D eigenvalue weighted by Gasteiger charge is -2.66. The average Bonchev–Trinajstić information content (AvgIpc) is 3.48. The highest BCUT2D eigenvalue weighted by atomic mass is 19.3. The fourth-order valence-electron chi connectivity index (χ4n) is 8.33. The minimum atomic E-state index is -2.88. The molecule has 0 saturated heterocycles. The van der Waals surface area contributed by atoms with Crippen molar-refractivity contribution in [2.45, 2.75) is 102 Å². The van der Waals surface area contributed by atoms with Crippen LogP contribution in [0.3, 0.4) is 0 Å². The quantitative estimate of drug-likeness (QED) is 0.236. The summed E-state index contributed by atoms with van der Waals surface area (Å²) in [5.74, 6) is 1.86. The zero-order valence-corrected chi connectivity index (χ0v) is 24.8. The van der Waals surface area contributed by atoms with Gasteiger partial charge >= 0.3 is 6.61 Å². The Bertz CT molecular complexity index is 1470. The van der Waals surface area contributed by atoms with Gasteiger partial charge in [0.15, 0.2) is 5.82 Å². The minimum absolute atomic E-state index is 0.00692. The molecule has 6 aliphatic carbocycles. The summed E-state index contributed by atoms with van der Waals surface area (Å²) in [5.41, 5.74) is 1.23. The van der Waals surface area contributed by atoms with Gasteiger partial charge in [0.2, 0.25) is 11.8 Å². The second kappa shape index (κ2) is 10.1. The van der Waals surface area contributed by atoms with E-state index in [1.54, 1.807) is 12.1 Å². The average molecular weight is 594 g/mol. The third kappa shape index (κ3) is 5.12. The Balaban J connectivity index is 1.13. The number of fused-ring (bicyclic) bond motifs is 3. The van der Waals surface area contributed by atoms with Gasteiger partial charge in [0.1, 0.15) is 11.4 Å². The van der Waals surface area contributed by atoms with Crippen LogP contribution < -0.4 is 9.64 Å². The van der Waals surface area contributed by atoms with Crippen LogP contribution in [0.5, 0.6) is 5.75 Å². The first-order valence-electron chi connectivity index (χ1n) is 15.5. The van der Waals surface area contributed by atoms with Gasteiger partial charge in [-0.3, -0.25) is 4.79 Å². The van der Waals surface area contributed by atoms with Gasteiger partial charge < -0.3 is 14.2 Å². The number of hydrogen-bond donors (Lipinski definition) is 0. The molecule has 6 saturated carbocycles. The maximum atomic E-state index is 14.4. The highest BCUT2D eigenvalue weighted by molar-refractivity contribution is 5.95. The van der Waals surface area contributed by atoms with Crippen molar-refractivity contribution in [2.24, 2.45) is 10.8 Å². The van der Waals surface area contributed by atoms with E-state index in [9.17, 15) is 18.0 Å². The number of halogens is 3. The zero-order chi connectivity index (χ0) is 30.0. The minimum Gasteiger partial charge on any atom is -0.435 e. The number of rotatable bonds is 10.